The lowest BCUT2D eigenvalue weighted by atomic mass is 10.1. The maximum Gasteiger partial charge on any atom is 0.224 e. The summed E-state index contributed by atoms with van der Waals surface area (Å²) < 4.78 is 18.2. The van der Waals surface area contributed by atoms with Crippen LogP contribution >= 0.6 is 0 Å². The molecule has 1 aliphatic rings. The number of aryl methyl sites for hydroxylation is 1. The van der Waals surface area contributed by atoms with Crippen LogP contribution in [0.15, 0.2) is 48.5 Å². The van der Waals surface area contributed by atoms with Crippen LogP contribution in [0.5, 0.6) is 0 Å². The van der Waals surface area contributed by atoms with E-state index in [4.69, 9.17) is 4.74 Å². The smallest absolute Gasteiger partial charge is 0.224 e. The van der Waals surface area contributed by atoms with Crippen LogP contribution in [0.2, 0.25) is 0 Å². The summed E-state index contributed by atoms with van der Waals surface area (Å²) in [6, 6.07) is 14.1. The summed E-state index contributed by atoms with van der Waals surface area (Å²) in [4.78, 5) is 14.4. The second-order valence-corrected chi connectivity index (χ2v) is 5.82. The number of hydrogen-bond donors (Lipinski definition) is 1. The summed E-state index contributed by atoms with van der Waals surface area (Å²) in [6.07, 6.45) is 0.961. The molecule has 1 N–H and O–H groups in total. The molecule has 0 aromatic heterocycles. The zero-order valence-electron chi connectivity index (χ0n) is 13.5. The van der Waals surface area contributed by atoms with Gasteiger partial charge >= 0.3 is 0 Å². The lowest BCUT2D eigenvalue weighted by Gasteiger charge is -2.29. The number of benzene rings is 2. The Kier molecular flexibility index (Phi) is 5.43. The third kappa shape index (κ3) is 4.55. The van der Waals surface area contributed by atoms with Crippen molar-refractivity contribution in [3.63, 3.8) is 0 Å². The monoisotopic (exact) mass is 328 g/mol. The normalized spacial score (nSPS) is 14.5. The first-order chi connectivity index (χ1) is 11.7. The number of ether oxygens (including phenoxy) is 1. The molecular formula is C19H21FN2O2. The van der Waals surface area contributed by atoms with Gasteiger partial charge in [-0.1, -0.05) is 18.2 Å². The maximum atomic E-state index is 12.9. The van der Waals surface area contributed by atoms with Crippen molar-refractivity contribution >= 4 is 17.3 Å². The van der Waals surface area contributed by atoms with Gasteiger partial charge in [-0.15, -0.1) is 0 Å². The van der Waals surface area contributed by atoms with Crippen LogP contribution in [0.25, 0.3) is 0 Å². The number of amides is 1. The number of rotatable bonds is 5. The van der Waals surface area contributed by atoms with E-state index in [2.05, 4.69) is 10.2 Å². The zero-order chi connectivity index (χ0) is 16.8. The molecule has 1 saturated heterocycles. The number of morpholine rings is 1. The van der Waals surface area contributed by atoms with Gasteiger partial charge in [0.1, 0.15) is 5.82 Å². The van der Waals surface area contributed by atoms with Crippen LogP contribution in [0.1, 0.15) is 12.0 Å². The molecule has 2 aromatic rings. The van der Waals surface area contributed by atoms with E-state index in [0.29, 0.717) is 12.8 Å². The fraction of sp³-hybridized carbons (Fsp3) is 0.316. The van der Waals surface area contributed by atoms with Crippen LogP contribution in [0, 0.1) is 5.82 Å². The number of nitrogens with zero attached hydrogens (tertiary/aromatic N) is 1. The van der Waals surface area contributed by atoms with E-state index >= 15 is 0 Å². The molecule has 0 saturated carbocycles. The highest BCUT2D eigenvalue weighted by molar-refractivity contribution is 5.91. The summed E-state index contributed by atoms with van der Waals surface area (Å²) in [5.74, 6) is -0.304. The van der Waals surface area contributed by atoms with Crippen LogP contribution in [-0.4, -0.2) is 32.2 Å². The van der Waals surface area contributed by atoms with Gasteiger partial charge in [-0.2, -0.15) is 0 Å². The van der Waals surface area contributed by atoms with Gasteiger partial charge in [0.25, 0.3) is 0 Å². The van der Waals surface area contributed by atoms with Crippen molar-refractivity contribution in [1.82, 2.24) is 0 Å². The standard InChI is InChI=1S/C19H21FN2O2/c20-16-7-4-15(5-8-16)6-9-19(23)21-17-2-1-3-18(14-17)22-10-12-24-13-11-22/h1-5,7-8,14H,6,9-13H2,(H,21,23). The van der Waals surface area contributed by atoms with E-state index in [1.165, 1.54) is 12.1 Å². The van der Waals surface area contributed by atoms with Crippen molar-refractivity contribution in [3.05, 3.63) is 59.9 Å². The third-order valence-electron chi connectivity index (χ3n) is 4.06. The van der Waals surface area contributed by atoms with Crippen molar-refractivity contribution in [2.24, 2.45) is 0 Å². The topological polar surface area (TPSA) is 41.6 Å². The minimum atomic E-state index is -0.261. The van der Waals surface area contributed by atoms with Gasteiger partial charge in [0.05, 0.1) is 13.2 Å². The molecule has 2 aromatic carbocycles. The van der Waals surface area contributed by atoms with E-state index in [1.54, 1.807) is 12.1 Å². The van der Waals surface area contributed by atoms with Gasteiger partial charge in [-0.25, -0.2) is 4.39 Å². The van der Waals surface area contributed by atoms with E-state index in [1.807, 2.05) is 24.3 Å². The lowest BCUT2D eigenvalue weighted by molar-refractivity contribution is -0.116. The summed E-state index contributed by atoms with van der Waals surface area (Å²) in [6.45, 7) is 3.19. The first-order valence-electron chi connectivity index (χ1n) is 8.18. The number of carbonyl (C=O) groups is 1. The number of carbonyl (C=O) groups excluding carboxylic acids is 1. The highest BCUT2D eigenvalue weighted by atomic mass is 19.1. The Bertz CT molecular complexity index is 682. The van der Waals surface area contributed by atoms with E-state index < -0.39 is 0 Å². The maximum absolute atomic E-state index is 12.9. The molecule has 0 aliphatic carbocycles. The summed E-state index contributed by atoms with van der Waals surface area (Å²) >= 11 is 0. The van der Waals surface area contributed by atoms with Crippen molar-refractivity contribution in [2.75, 3.05) is 36.5 Å². The number of anilines is 2. The fourth-order valence-corrected chi connectivity index (χ4v) is 2.73. The number of halogens is 1. The number of nitrogens with one attached hydrogen (secondary N) is 1. The Morgan fingerprint density at radius 3 is 2.62 bits per heavy atom. The molecule has 0 atom stereocenters. The Morgan fingerprint density at radius 2 is 1.88 bits per heavy atom. The van der Waals surface area contributed by atoms with Gasteiger partial charge in [0.15, 0.2) is 0 Å². The molecule has 24 heavy (non-hydrogen) atoms. The molecule has 1 heterocycles. The van der Waals surface area contributed by atoms with Crippen LogP contribution in [0.3, 0.4) is 0 Å². The van der Waals surface area contributed by atoms with Crippen molar-refractivity contribution in [2.45, 2.75) is 12.8 Å². The minimum absolute atomic E-state index is 0.0431. The van der Waals surface area contributed by atoms with Crippen molar-refractivity contribution in [3.8, 4) is 0 Å². The molecule has 4 nitrogen and oxygen atoms in total. The Hall–Kier alpha value is -2.40. The molecule has 1 aliphatic heterocycles. The highest BCUT2D eigenvalue weighted by Gasteiger charge is 2.12. The molecule has 1 amide bonds. The van der Waals surface area contributed by atoms with Crippen LogP contribution < -0.4 is 10.2 Å². The molecule has 0 radical (unpaired) electrons. The highest BCUT2D eigenvalue weighted by Crippen LogP contribution is 2.20. The van der Waals surface area contributed by atoms with Gasteiger partial charge in [0.2, 0.25) is 5.91 Å². The summed E-state index contributed by atoms with van der Waals surface area (Å²) in [5.41, 5.74) is 2.84. The first kappa shape index (κ1) is 16.5. The third-order valence-corrected chi connectivity index (χ3v) is 4.06. The molecule has 1 fully saturated rings. The number of hydrogen-bond acceptors (Lipinski definition) is 3. The molecule has 0 bridgehead atoms. The fourth-order valence-electron chi connectivity index (χ4n) is 2.73. The van der Waals surface area contributed by atoms with Gasteiger partial charge in [-0.05, 0) is 42.3 Å². The van der Waals surface area contributed by atoms with E-state index in [0.717, 1.165) is 43.2 Å². The van der Waals surface area contributed by atoms with Crippen molar-refractivity contribution in [1.29, 1.82) is 0 Å². The predicted molar refractivity (Wildman–Crippen MR) is 92.8 cm³/mol. The average molecular weight is 328 g/mol. The average Bonchev–Trinajstić information content (AvgIpc) is 2.62. The quantitative estimate of drug-likeness (QED) is 0.916. The summed E-state index contributed by atoms with van der Waals surface area (Å²) in [5, 5.41) is 2.93. The SMILES string of the molecule is O=C(CCc1ccc(F)cc1)Nc1cccc(N2CCOCC2)c1. The second-order valence-electron chi connectivity index (χ2n) is 5.82. The second kappa shape index (κ2) is 7.93. The zero-order valence-corrected chi connectivity index (χ0v) is 13.5. The van der Waals surface area contributed by atoms with Crippen LogP contribution in [0.4, 0.5) is 15.8 Å². The molecule has 5 heteroatoms. The molecule has 3 rings (SSSR count). The first-order valence-corrected chi connectivity index (χ1v) is 8.18. The van der Waals surface area contributed by atoms with E-state index in [-0.39, 0.29) is 11.7 Å². The van der Waals surface area contributed by atoms with Crippen LogP contribution in [-0.2, 0) is 16.0 Å². The van der Waals surface area contributed by atoms with Gasteiger partial charge in [-0.3, -0.25) is 4.79 Å². The largest absolute Gasteiger partial charge is 0.378 e. The Labute approximate surface area is 141 Å². The molecule has 126 valence electrons. The Balaban J connectivity index is 1.55. The Morgan fingerprint density at radius 1 is 1.12 bits per heavy atom. The predicted octanol–water partition coefficient (Wildman–Crippen LogP) is 3.23. The van der Waals surface area contributed by atoms with E-state index in [9.17, 15) is 9.18 Å². The van der Waals surface area contributed by atoms with Gasteiger partial charge < -0.3 is 15.0 Å². The lowest BCUT2D eigenvalue weighted by Crippen LogP contribution is -2.36. The minimum Gasteiger partial charge on any atom is -0.378 e. The van der Waals surface area contributed by atoms with Gasteiger partial charge in [0, 0.05) is 30.9 Å². The molecule has 0 unspecified atom stereocenters. The van der Waals surface area contributed by atoms with Crippen molar-refractivity contribution < 1.29 is 13.9 Å². The summed E-state index contributed by atoms with van der Waals surface area (Å²) in [7, 11) is 0. The molecular weight excluding hydrogens is 307 g/mol. The molecule has 0 spiro atoms.